The molecule has 1 amide bonds. The van der Waals surface area contributed by atoms with Crippen LogP contribution in [0.3, 0.4) is 0 Å². The number of methoxy groups -OCH3 is 2. The summed E-state index contributed by atoms with van der Waals surface area (Å²) < 4.78 is 23.8. The Balaban J connectivity index is 1.37. The quantitative estimate of drug-likeness (QED) is 0.268. The van der Waals surface area contributed by atoms with Gasteiger partial charge in [-0.1, -0.05) is 17.7 Å². The second-order valence-corrected chi connectivity index (χ2v) is 11.6. The van der Waals surface area contributed by atoms with Crippen LogP contribution in [0.2, 0.25) is 5.02 Å². The molecule has 2 aliphatic heterocycles. The van der Waals surface area contributed by atoms with E-state index in [1.807, 2.05) is 25.1 Å². The van der Waals surface area contributed by atoms with E-state index in [0.29, 0.717) is 76.7 Å². The van der Waals surface area contributed by atoms with Crippen molar-refractivity contribution < 1.29 is 23.7 Å². The summed E-state index contributed by atoms with van der Waals surface area (Å²) in [5, 5.41) is 4.24. The normalized spacial score (nSPS) is 15.5. The van der Waals surface area contributed by atoms with Gasteiger partial charge in [0.2, 0.25) is 11.9 Å². The van der Waals surface area contributed by atoms with Gasteiger partial charge in [0.05, 0.1) is 51.7 Å². The predicted octanol–water partition coefficient (Wildman–Crippen LogP) is 2.92. The van der Waals surface area contributed by atoms with Crippen molar-refractivity contribution in [3.05, 3.63) is 51.9 Å². The minimum atomic E-state index is -0.286. The Morgan fingerprint density at radius 2 is 1.98 bits per heavy atom. The van der Waals surface area contributed by atoms with E-state index in [4.69, 9.17) is 35.5 Å². The van der Waals surface area contributed by atoms with Crippen molar-refractivity contribution in [1.82, 2.24) is 24.3 Å². The Morgan fingerprint density at radius 1 is 1.18 bits per heavy atom. The van der Waals surface area contributed by atoms with Crippen LogP contribution in [0.4, 0.5) is 5.95 Å². The van der Waals surface area contributed by atoms with E-state index in [9.17, 15) is 9.59 Å². The van der Waals surface area contributed by atoms with Crippen LogP contribution >= 0.6 is 11.6 Å². The minimum Gasteiger partial charge on any atom is -0.497 e. The maximum absolute atomic E-state index is 14.1. The average molecular weight is 627 g/mol. The zero-order chi connectivity index (χ0) is 31.2. The molecule has 236 valence electrons. The third kappa shape index (κ3) is 7.32. The summed E-state index contributed by atoms with van der Waals surface area (Å²) in [7, 11) is 6.95. The first-order valence-corrected chi connectivity index (χ1v) is 15.0. The van der Waals surface area contributed by atoms with Crippen molar-refractivity contribution in [2.75, 3.05) is 79.6 Å². The molecule has 2 aromatic heterocycles. The van der Waals surface area contributed by atoms with Crippen LogP contribution in [0, 0.1) is 5.92 Å². The first-order valence-electron chi connectivity index (χ1n) is 14.6. The van der Waals surface area contributed by atoms with Gasteiger partial charge in [-0.2, -0.15) is 4.98 Å². The predicted molar refractivity (Wildman–Crippen MR) is 169 cm³/mol. The lowest BCUT2D eigenvalue weighted by molar-refractivity contribution is -0.139. The van der Waals surface area contributed by atoms with Crippen molar-refractivity contribution in [2.45, 2.75) is 19.1 Å². The van der Waals surface area contributed by atoms with E-state index in [2.05, 4.69) is 10.3 Å². The molecule has 0 radical (unpaired) electrons. The summed E-state index contributed by atoms with van der Waals surface area (Å²) in [6.45, 7) is 4.46. The van der Waals surface area contributed by atoms with E-state index >= 15 is 0 Å². The number of hydrogen-bond acceptors (Lipinski definition) is 10. The van der Waals surface area contributed by atoms with Gasteiger partial charge in [0.1, 0.15) is 17.1 Å². The molecule has 2 saturated heterocycles. The second-order valence-electron chi connectivity index (χ2n) is 11.2. The minimum absolute atomic E-state index is 0.0335. The number of benzene rings is 1. The molecule has 44 heavy (non-hydrogen) atoms. The lowest BCUT2D eigenvalue weighted by atomic mass is 10.0. The van der Waals surface area contributed by atoms with Crippen molar-refractivity contribution in [2.24, 2.45) is 5.92 Å². The van der Waals surface area contributed by atoms with Crippen LogP contribution in [0.15, 0.2) is 41.3 Å². The molecule has 1 N–H and O–H groups in total. The number of amides is 1. The van der Waals surface area contributed by atoms with E-state index in [1.54, 1.807) is 39.9 Å². The van der Waals surface area contributed by atoms with Crippen LogP contribution in [0.25, 0.3) is 22.2 Å². The first kappa shape index (κ1) is 31.7. The van der Waals surface area contributed by atoms with Gasteiger partial charge in [-0.05, 0) is 32.6 Å². The number of nitrogens with zero attached hydrogens (tertiary/aromatic N) is 5. The molecule has 0 bridgehead atoms. The number of likely N-dealkylation sites (N-methyl/N-ethyl adjacent to an activating group) is 1. The lowest BCUT2D eigenvalue weighted by Crippen LogP contribution is -2.54. The number of carbonyl (C=O) groups excluding carboxylic acids is 1. The summed E-state index contributed by atoms with van der Waals surface area (Å²) in [4.78, 5) is 39.4. The van der Waals surface area contributed by atoms with Crippen molar-refractivity contribution in [3.8, 4) is 22.6 Å². The molecule has 2 fully saturated rings. The topological polar surface area (TPSA) is 120 Å². The van der Waals surface area contributed by atoms with E-state index in [1.165, 1.54) is 14.2 Å². The molecule has 0 aliphatic carbocycles. The maximum Gasteiger partial charge on any atom is 0.260 e. The number of nitrogens with one attached hydrogen (secondary N) is 1. The number of carbonyl (C=O) groups is 1. The lowest BCUT2D eigenvalue weighted by Gasteiger charge is -2.38. The van der Waals surface area contributed by atoms with Gasteiger partial charge in [-0.15, -0.1) is 0 Å². The summed E-state index contributed by atoms with van der Waals surface area (Å²) in [5.41, 5.74) is 1.03. The standard InChI is InChI=1S/C31H39ClN6O6/c1-36(2)9-5-6-27(39)37-16-23(17-37)44-11-10-38-29-21(15-34-31(35-29)33-8-7-20-18-43-19-20)12-25(30(38)40)24-13-22(41-3)14-26(42-4)28(24)32/h5-6,12-15,20,23H,7-11,16-19H2,1-4H3,(H,33,34,35)/b6-5+. The number of likely N-dealkylation sites (tertiary alicyclic amines) is 1. The second kappa shape index (κ2) is 14.4. The van der Waals surface area contributed by atoms with E-state index in [0.717, 1.165) is 19.6 Å². The van der Waals surface area contributed by atoms with Gasteiger partial charge in [0, 0.05) is 66.9 Å². The molecule has 0 atom stereocenters. The van der Waals surface area contributed by atoms with Crippen LogP contribution in [-0.2, 0) is 20.8 Å². The number of anilines is 1. The fourth-order valence-corrected chi connectivity index (χ4v) is 5.31. The number of aromatic nitrogens is 3. The number of rotatable bonds is 14. The van der Waals surface area contributed by atoms with Gasteiger partial charge >= 0.3 is 0 Å². The van der Waals surface area contributed by atoms with Gasteiger partial charge in [0.25, 0.3) is 5.56 Å². The Hall–Kier alpha value is -3.71. The Bertz CT molecular complexity index is 1570. The maximum atomic E-state index is 14.1. The molecule has 0 spiro atoms. The molecule has 3 aromatic rings. The molecular weight excluding hydrogens is 588 g/mol. The number of halogens is 1. The summed E-state index contributed by atoms with van der Waals surface area (Å²) in [5.74, 6) is 1.84. The Morgan fingerprint density at radius 3 is 2.66 bits per heavy atom. The molecule has 1 aromatic carbocycles. The molecule has 12 nitrogen and oxygen atoms in total. The van der Waals surface area contributed by atoms with Gasteiger partial charge in [0.15, 0.2) is 0 Å². The highest BCUT2D eigenvalue weighted by atomic mass is 35.5. The number of ether oxygens (including phenoxy) is 4. The molecule has 2 aliphatic rings. The average Bonchev–Trinajstić information content (AvgIpc) is 2.96. The van der Waals surface area contributed by atoms with E-state index in [-0.39, 0.29) is 30.7 Å². The van der Waals surface area contributed by atoms with Crippen LogP contribution in [-0.4, -0.2) is 111 Å². The van der Waals surface area contributed by atoms with Crippen LogP contribution < -0.4 is 20.3 Å². The third-order valence-corrected chi connectivity index (χ3v) is 8.08. The van der Waals surface area contributed by atoms with Crippen molar-refractivity contribution >= 4 is 34.5 Å². The Labute approximate surface area is 261 Å². The highest BCUT2D eigenvalue weighted by molar-refractivity contribution is 6.35. The number of pyridine rings is 1. The van der Waals surface area contributed by atoms with Gasteiger partial charge < -0.3 is 34.1 Å². The van der Waals surface area contributed by atoms with Gasteiger partial charge in [-0.25, -0.2) is 4.98 Å². The highest BCUT2D eigenvalue weighted by Crippen LogP contribution is 2.38. The molecule has 5 rings (SSSR count). The fraction of sp³-hybridized carbons (Fsp3) is 0.484. The number of hydrogen-bond donors (Lipinski definition) is 1. The first-order chi connectivity index (χ1) is 21.3. The van der Waals surface area contributed by atoms with Crippen LogP contribution in [0.5, 0.6) is 11.5 Å². The molecule has 4 heterocycles. The summed E-state index contributed by atoms with van der Waals surface area (Å²) in [6.07, 6.45) is 5.98. The van der Waals surface area contributed by atoms with Crippen molar-refractivity contribution in [3.63, 3.8) is 0 Å². The fourth-order valence-electron chi connectivity index (χ4n) is 5.02. The zero-order valence-electron chi connectivity index (χ0n) is 25.5. The monoisotopic (exact) mass is 626 g/mol. The Kier molecular flexibility index (Phi) is 10.4. The molecule has 0 saturated carbocycles. The highest BCUT2D eigenvalue weighted by Gasteiger charge is 2.30. The third-order valence-electron chi connectivity index (χ3n) is 7.69. The molecule has 13 heteroatoms. The zero-order valence-corrected chi connectivity index (χ0v) is 26.3. The summed E-state index contributed by atoms with van der Waals surface area (Å²) >= 11 is 6.69. The largest absolute Gasteiger partial charge is 0.497 e. The van der Waals surface area contributed by atoms with Crippen LogP contribution in [0.1, 0.15) is 6.42 Å². The van der Waals surface area contributed by atoms with Crippen molar-refractivity contribution in [1.29, 1.82) is 0 Å². The van der Waals surface area contributed by atoms with Gasteiger partial charge in [-0.3, -0.25) is 14.2 Å². The molecular formula is C31H39ClN6O6. The van der Waals surface area contributed by atoms with E-state index < -0.39 is 0 Å². The smallest absolute Gasteiger partial charge is 0.260 e. The summed E-state index contributed by atoms with van der Waals surface area (Å²) in [6, 6.07) is 5.12. The SMILES string of the molecule is COc1cc(OC)c(Cl)c(-c2cc3cnc(NCCC4COC4)nc3n(CCOC3CN(C(=O)/C=C/CN(C)C)C3)c2=O)c1. The number of fused-ring (bicyclic) bond motifs is 1. The molecule has 0 unspecified atom stereocenters.